The summed E-state index contributed by atoms with van der Waals surface area (Å²) in [6.07, 6.45) is 2.89. The van der Waals surface area contributed by atoms with E-state index in [1.54, 1.807) is 17.2 Å². The Morgan fingerprint density at radius 3 is 3.08 bits per heavy atom. The third-order valence-corrected chi connectivity index (χ3v) is 5.46. The summed E-state index contributed by atoms with van der Waals surface area (Å²) in [7, 11) is 0. The van der Waals surface area contributed by atoms with Crippen LogP contribution in [0.5, 0.6) is 0 Å². The Balaban J connectivity index is 1.62. The maximum atomic E-state index is 13.0. The van der Waals surface area contributed by atoms with E-state index in [1.807, 2.05) is 24.3 Å². The van der Waals surface area contributed by atoms with E-state index in [9.17, 15) is 14.7 Å². The highest BCUT2D eigenvalue weighted by atomic mass is 16.3. The van der Waals surface area contributed by atoms with Crippen molar-refractivity contribution in [2.24, 2.45) is 5.41 Å². The SMILES string of the molecule is O=C(c1ccc2ncccc2c1)N1CC[C@@H](O)[C@@]2(CCCNC2=O)C1. The number of piperidine rings is 2. The fraction of sp³-hybridized carbons (Fsp3) is 0.421. The Morgan fingerprint density at radius 1 is 1.36 bits per heavy atom. The van der Waals surface area contributed by atoms with E-state index >= 15 is 0 Å². The lowest BCUT2D eigenvalue weighted by Gasteiger charge is -2.46. The Morgan fingerprint density at radius 2 is 2.24 bits per heavy atom. The molecule has 2 saturated heterocycles. The van der Waals surface area contributed by atoms with E-state index in [-0.39, 0.29) is 18.4 Å². The second kappa shape index (κ2) is 6.11. The summed E-state index contributed by atoms with van der Waals surface area (Å²) in [6, 6.07) is 9.22. The second-order valence-corrected chi connectivity index (χ2v) is 6.96. The van der Waals surface area contributed by atoms with Crippen molar-refractivity contribution in [1.82, 2.24) is 15.2 Å². The summed E-state index contributed by atoms with van der Waals surface area (Å²) in [5.74, 6) is -0.234. The lowest BCUT2D eigenvalue weighted by atomic mass is 9.71. The molecule has 0 bridgehead atoms. The molecular formula is C19H21N3O3. The van der Waals surface area contributed by atoms with Gasteiger partial charge in [0.2, 0.25) is 5.91 Å². The van der Waals surface area contributed by atoms with Crippen LogP contribution in [-0.2, 0) is 4.79 Å². The van der Waals surface area contributed by atoms with Gasteiger partial charge < -0.3 is 15.3 Å². The highest BCUT2D eigenvalue weighted by molar-refractivity contribution is 5.98. The maximum Gasteiger partial charge on any atom is 0.253 e. The molecule has 1 aromatic heterocycles. The number of benzene rings is 1. The fourth-order valence-corrected chi connectivity index (χ4v) is 4.01. The van der Waals surface area contributed by atoms with Crippen LogP contribution >= 0.6 is 0 Å². The highest BCUT2D eigenvalue weighted by Gasteiger charge is 2.50. The number of hydrogen-bond acceptors (Lipinski definition) is 4. The number of aliphatic hydroxyl groups excluding tert-OH is 1. The number of likely N-dealkylation sites (tertiary alicyclic amines) is 1. The summed E-state index contributed by atoms with van der Waals surface area (Å²) in [6.45, 7) is 1.36. The third kappa shape index (κ3) is 2.66. The minimum Gasteiger partial charge on any atom is -0.392 e. The van der Waals surface area contributed by atoms with Crippen LogP contribution in [0.3, 0.4) is 0 Å². The molecule has 3 heterocycles. The van der Waals surface area contributed by atoms with Gasteiger partial charge in [0.25, 0.3) is 5.91 Å². The predicted molar refractivity (Wildman–Crippen MR) is 92.9 cm³/mol. The van der Waals surface area contributed by atoms with Crippen molar-refractivity contribution in [2.75, 3.05) is 19.6 Å². The van der Waals surface area contributed by atoms with E-state index in [4.69, 9.17) is 0 Å². The number of fused-ring (bicyclic) bond motifs is 1. The predicted octanol–water partition coefficient (Wildman–Crippen LogP) is 1.34. The number of amides is 2. The highest BCUT2D eigenvalue weighted by Crippen LogP contribution is 2.37. The molecule has 2 aliphatic rings. The summed E-state index contributed by atoms with van der Waals surface area (Å²) >= 11 is 0. The topological polar surface area (TPSA) is 82.5 Å². The first-order valence-electron chi connectivity index (χ1n) is 8.71. The molecule has 0 saturated carbocycles. The van der Waals surface area contributed by atoms with E-state index in [1.165, 1.54) is 0 Å². The summed E-state index contributed by atoms with van der Waals surface area (Å²) in [5, 5.41) is 14.2. The van der Waals surface area contributed by atoms with Gasteiger partial charge in [0, 0.05) is 36.8 Å². The molecule has 2 N–H and O–H groups in total. The van der Waals surface area contributed by atoms with Crippen LogP contribution in [0.25, 0.3) is 10.9 Å². The Bertz CT molecular complexity index is 838. The Hall–Kier alpha value is -2.47. The molecule has 25 heavy (non-hydrogen) atoms. The van der Waals surface area contributed by atoms with Crippen molar-refractivity contribution in [3.05, 3.63) is 42.1 Å². The number of aliphatic hydroxyl groups is 1. The summed E-state index contributed by atoms with van der Waals surface area (Å²) in [5.41, 5.74) is 0.560. The molecule has 0 aliphatic carbocycles. The van der Waals surface area contributed by atoms with E-state index in [2.05, 4.69) is 10.3 Å². The summed E-state index contributed by atoms with van der Waals surface area (Å²) in [4.78, 5) is 31.4. The van der Waals surface area contributed by atoms with Gasteiger partial charge in [-0.2, -0.15) is 0 Å². The first-order valence-corrected chi connectivity index (χ1v) is 8.71. The van der Waals surface area contributed by atoms with Gasteiger partial charge in [0.05, 0.1) is 17.0 Å². The van der Waals surface area contributed by atoms with Gasteiger partial charge in [-0.1, -0.05) is 6.07 Å². The van der Waals surface area contributed by atoms with Crippen molar-refractivity contribution >= 4 is 22.7 Å². The van der Waals surface area contributed by atoms with Crippen molar-refractivity contribution in [3.8, 4) is 0 Å². The van der Waals surface area contributed by atoms with Crippen LogP contribution in [0.4, 0.5) is 0 Å². The van der Waals surface area contributed by atoms with Gasteiger partial charge >= 0.3 is 0 Å². The number of aromatic nitrogens is 1. The van der Waals surface area contributed by atoms with E-state index in [0.717, 1.165) is 17.3 Å². The number of hydrogen-bond donors (Lipinski definition) is 2. The first kappa shape index (κ1) is 16.0. The van der Waals surface area contributed by atoms with E-state index < -0.39 is 11.5 Å². The minimum absolute atomic E-state index is 0.101. The zero-order valence-corrected chi connectivity index (χ0v) is 13.9. The quantitative estimate of drug-likeness (QED) is 0.821. The number of carbonyl (C=O) groups excluding carboxylic acids is 2. The molecular weight excluding hydrogens is 318 g/mol. The standard InChI is InChI=1S/C19H21N3O3/c23-16-6-10-22(12-19(16)7-2-9-21-18(19)25)17(24)14-4-5-15-13(11-14)3-1-8-20-15/h1,3-5,8,11,16,23H,2,6-7,9-10,12H2,(H,21,25)/t16-,19-/m1/s1. The van der Waals surface area contributed by atoms with Crippen molar-refractivity contribution in [1.29, 1.82) is 0 Å². The number of carbonyl (C=O) groups is 2. The molecule has 2 amide bonds. The van der Waals surface area contributed by atoms with Crippen molar-refractivity contribution in [3.63, 3.8) is 0 Å². The molecule has 4 rings (SSSR count). The fourth-order valence-electron chi connectivity index (χ4n) is 4.01. The molecule has 2 fully saturated rings. The van der Waals surface area contributed by atoms with Gasteiger partial charge in [0.15, 0.2) is 0 Å². The van der Waals surface area contributed by atoms with Gasteiger partial charge in [-0.15, -0.1) is 0 Å². The third-order valence-electron chi connectivity index (χ3n) is 5.46. The van der Waals surface area contributed by atoms with Crippen LogP contribution < -0.4 is 5.32 Å². The number of nitrogens with one attached hydrogen (secondary N) is 1. The lowest BCUT2D eigenvalue weighted by Crippen LogP contribution is -2.62. The molecule has 1 spiro atoms. The molecule has 0 unspecified atom stereocenters. The largest absolute Gasteiger partial charge is 0.392 e. The molecule has 6 nitrogen and oxygen atoms in total. The average Bonchev–Trinajstić information content (AvgIpc) is 2.65. The van der Waals surface area contributed by atoms with Crippen molar-refractivity contribution in [2.45, 2.75) is 25.4 Å². The van der Waals surface area contributed by atoms with Gasteiger partial charge in [-0.3, -0.25) is 14.6 Å². The van der Waals surface area contributed by atoms with Crippen LogP contribution in [0, 0.1) is 5.41 Å². The molecule has 0 radical (unpaired) electrons. The smallest absolute Gasteiger partial charge is 0.253 e. The number of nitrogens with zero attached hydrogens (tertiary/aromatic N) is 2. The van der Waals surface area contributed by atoms with Crippen LogP contribution in [0.2, 0.25) is 0 Å². The minimum atomic E-state index is -0.870. The second-order valence-electron chi connectivity index (χ2n) is 6.96. The number of pyridine rings is 1. The monoisotopic (exact) mass is 339 g/mol. The zero-order valence-electron chi connectivity index (χ0n) is 13.9. The molecule has 130 valence electrons. The molecule has 2 atom stereocenters. The van der Waals surface area contributed by atoms with Crippen molar-refractivity contribution < 1.29 is 14.7 Å². The molecule has 6 heteroatoms. The maximum absolute atomic E-state index is 13.0. The van der Waals surface area contributed by atoms with E-state index in [0.29, 0.717) is 31.5 Å². The Kier molecular flexibility index (Phi) is 3.92. The van der Waals surface area contributed by atoms with Crippen LogP contribution in [0.1, 0.15) is 29.6 Å². The average molecular weight is 339 g/mol. The Labute approximate surface area is 145 Å². The molecule has 2 aromatic rings. The van der Waals surface area contributed by atoms with Crippen LogP contribution in [-0.4, -0.2) is 52.5 Å². The zero-order chi connectivity index (χ0) is 17.4. The van der Waals surface area contributed by atoms with Gasteiger partial charge in [-0.25, -0.2) is 0 Å². The molecule has 2 aliphatic heterocycles. The first-order chi connectivity index (χ1) is 12.1. The summed E-state index contributed by atoms with van der Waals surface area (Å²) < 4.78 is 0. The van der Waals surface area contributed by atoms with Crippen LogP contribution in [0.15, 0.2) is 36.5 Å². The lowest BCUT2D eigenvalue weighted by molar-refractivity contribution is -0.147. The van der Waals surface area contributed by atoms with Gasteiger partial charge in [-0.05, 0) is 43.5 Å². The molecule has 1 aromatic carbocycles. The number of rotatable bonds is 1. The normalized spacial score (nSPS) is 26.7. The van der Waals surface area contributed by atoms with Gasteiger partial charge in [0.1, 0.15) is 0 Å².